The second kappa shape index (κ2) is 9.60. The Morgan fingerprint density at radius 3 is 2.60 bits per heavy atom. The van der Waals surface area contributed by atoms with Crippen LogP contribution in [0.1, 0.15) is 46.1 Å². The van der Waals surface area contributed by atoms with Gasteiger partial charge in [0.15, 0.2) is 0 Å². The van der Waals surface area contributed by atoms with Gasteiger partial charge in [0.25, 0.3) is 11.8 Å². The van der Waals surface area contributed by atoms with Gasteiger partial charge in [-0.05, 0) is 54.3 Å². The summed E-state index contributed by atoms with van der Waals surface area (Å²) in [4.78, 5) is 47.6. The van der Waals surface area contributed by atoms with Crippen LogP contribution in [-0.2, 0) is 16.0 Å². The number of aromatic amines is 1. The molecule has 0 bridgehead atoms. The SMILES string of the molecule is O=C(NC[C@H]1CCCO1)c1ccccc1N1C(=O)[C@@H]2Cc3c([nH]c4ccccc34)[C@@H](c3ccc(F)cc3)N2C1=O. The third-order valence-electron chi connectivity index (χ3n) is 8.14. The van der Waals surface area contributed by atoms with Crippen molar-refractivity contribution >= 4 is 34.4 Å². The van der Waals surface area contributed by atoms with Crippen molar-refractivity contribution < 1.29 is 23.5 Å². The zero-order valence-corrected chi connectivity index (χ0v) is 21.6. The Bertz CT molecular complexity index is 1640. The van der Waals surface area contributed by atoms with E-state index in [-0.39, 0.29) is 29.1 Å². The van der Waals surface area contributed by atoms with E-state index >= 15 is 0 Å². The van der Waals surface area contributed by atoms with E-state index in [2.05, 4.69) is 10.3 Å². The molecular weight excluding hydrogens is 511 g/mol. The quantitative estimate of drug-likeness (QED) is 0.360. The molecule has 40 heavy (non-hydrogen) atoms. The summed E-state index contributed by atoms with van der Waals surface area (Å²) in [6.07, 6.45) is 2.12. The van der Waals surface area contributed by atoms with E-state index in [4.69, 9.17) is 4.74 Å². The number of rotatable bonds is 5. The van der Waals surface area contributed by atoms with E-state index in [1.54, 1.807) is 41.3 Å². The maximum atomic E-state index is 14.2. The molecule has 4 aromatic rings. The number of urea groups is 1. The van der Waals surface area contributed by atoms with Gasteiger partial charge in [-0.25, -0.2) is 14.1 Å². The van der Waals surface area contributed by atoms with Crippen molar-refractivity contribution in [2.45, 2.75) is 37.5 Å². The summed E-state index contributed by atoms with van der Waals surface area (Å²) >= 11 is 0. The molecule has 0 aliphatic carbocycles. The van der Waals surface area contributed by atoms with E-state index < -0.39 is 24.0 Å². The zero-order chi connectivity index (χ0) is 27.4. The Morgan fingerprint density at radius 2 is 1.80 bits per heavy atom. The van der Waals surface area contributed by atoms with Crippen LogP contribution in [0.2, 0.25) is 0 Å². The molecule has 3 aliphatic heterocycles. The highest BCUT2D eigenvalue weighted by Gasteiger charge is 2.53. The van der Waals surface area contributed by atoms with E-state index in [9.17, 15) is 18.8 Å². The number of carbonyl (C=O) groups is 3. The van der Waals surface area contributed by atoms with Gasteiger partial charge in [-0.15, -0.1) is 0 Å². The highest BCUT2D eigenvalue weighted by Crippen LogP contribution is 2.45. The Morgan fingerprint density at radius 1 is 1.02 bits per heavy atom. The summed E-state index contributed by atoms with van der Waals surface area (Å²) in [6.45, 7) is 1.04. The number of hydrogen-bond acceptors (Lipinski definition) is 4. The number of nitrogens with one attached hydrogen (secondary N) is 2. The van der Waals surface area contributed by atoms with Gasteiger partial charge in [0.2, 0.25) is 0 Å². The standard InChI is InChI=1S/C31H27FN4O4/c32-19-13-11-18(12-14-19)28-27-23(21-7-1-3-9-24(21)34-27)16-26-30(38)36(31(39)35(26)28)25-10-4-2-8-22(25)29(37)33-17-20-6-5-15-40-20/h1-4,7-14,20,26,28,34H,5-6,15-17H2,(H,33,37)/t20-,26+,28-/m1/s1. The number of fused-ring (bicyclic) bond motifs is 4. The van der Waals surface area contributed by atoms with Gasteiger partial charge in [0.05, 0.1) is 17.4 Å². The monoisotopic (exact) mass is 538 g/mol. The van der Waals surface area contributed by atoms with Crippen LogP contribution in [0.3, 0.4) is 0 Å². The summed E-state index contributed by atoms with van der Waals surface area (Å²) < 4.78 is 19.5. The lowest BCUT2D eigenvalue weighted by molar-refractivity contribution is -0.120. The van der Waals surface area contributed by atoms with Gasteiger partial charge in [-0.1, -0.05) is 42.5 Å². The number of carbonyl (C=O) groups excluding carboxylic acids is 3. The van der Waals surface area contributed by atoms with Gasteiger partial charge in [-0.2, -0.15) is 0 Å². The van der Waals surface area contributed by atoms with E-state index in [0.717, 1.165) is 39.9 Å². The number of amides is 4. The normalized spacial score (nSPS) is 22.1. The Hall–Kier alpha value is -4.50. The van der Waals surface area contributed by atoms with E-state index in [1.807, 2.05) is 24.3 Å². The predicted octanol–water partition coefficient (Wildman–Crippen LogP) is 4.70. The van der Waals surface area contributed by atoms with Gasteiger partial charge in [-0.3, -0.25) is 14.5 Å². The summed E-state index contributed by atoms with van der Waals surface area (Å²) in [5.74, 6) is -1.16. The van der Waals surface area contributed by atoms with Gasteiger partial charge < -0.3 is 15.0 Å². The molecule has 4 amide bonds. The molecule has 2 fully saturated rings. The average molecular weight is 539 g/mol. The molecule has 2 saturated heterocycles. The van der Waals surface area contributed by atoms with Crippen molar-refractivity contribution in [1.82, 2.24) is 15.2 Å². The second-order valence-electron chi connectivity index (χ2n) is 10.5. The van der Waals surface area contributed by atoms with Crippen LogP contribution in [0.25, 0.3) is 10.9 Å². The molecule has 8 nitrogen and oxygen atoms in total. The fourth-order valence-electron chi connectivity index (χ4n) is 6.26. The molecule has 0 unspecified atom stereocenters. The first-order valence-corrected chi connectivity index (χ1v) is 13.5. The number of H-pyrrole nitrogens is 1. The molecule has 4 heterocycles. The Balaban J connectivity index is 1.29. The van der Waals surface area contributed by atoms with Crippen molar-refractivity contribution in [2.24, 2.45) is 0 Å². The number of imide groups is 1. The summed E-state index contributed by atoms with van der Waals surface area (Å²) in [7, 11) is 0. The van der Waals surface area contributed by atoms with Gasteiger partial charge >= 0.3 is 6.03 Å². The maximum absolute atomic E-state index is 14.2. The summed E-state index contributed by atoms with van der Waals surface area (Å²) in [5, 5.41) is 3.88. The van der Waals surface area contributed by atoms with E-state index in [1.165, 1.54) is 12.1 Å². The van der Waals surface area contributed by atoms with Crippen molar-refractivity contribution in [3.63, 3.8) is 0 Å². The first kappa shape index (κ1) is 24.5. The average Bonchev–Trinajstić information content (AvgIpc) is 3.69. The first-order valence-electron chi connectivity index (χ1n) is 13.5. The first-order chi connectivity index (χ1) is 19.5. The molecule has 1 aromatic heterocycles. The molecule has 202 valence electrons. The minimum absolute atomic E-state index is 0.0413. The van der Waals surface area contributed by atoms with Gasteiger partial charge in [0.1, 0.15) is 17.9 Å². The smallest absolute Gasteiger partial charge is 0.332 e. The van der Waals surface area contributed by atoms with Crippen molar-refractivity contribution in [3.8, 4) is 0 Å². The Kier molecular flexibility index (Phi) is 5.89. The van der Waals surface area contributed by atoms with Crippen LogP contribution in [0.15, 0.2) is 72.8 Å². The number of ether oxygens (including phenoxy) is 1. The number of aromatic nitrogens is 1. The van der Waals surface area contributed by atoms with Crippen molar-refractivity contribution in [1.29, 1.82) is 0 Å². The molecular formula is C31H27FN4O4. The molecule has 3 aromatic carbocycles. The van der Waals surface area contributed by atoms with Crippen LogP contribution < -0.4 is 10.2 Å². The molecule has 9 heteroatoms. The van der Waals surface area contributed by atoms with Gasteiger partial charge in [0, 0.05) is 36.2 Å². The maximum Gasteiger partial charge on any atom is 0.332 e. The van der Waals surface area contributed by atoms with Crippen LogP contribution in [0, 0.1) is 5.82 Å². The third-order valence-corrected chi connectivity index (χ3v) is 8.14. The minimum Gasteiger partial charge on any atom is -0.376 e. The molecule has 0 saturated carbocycles. The molecule has 3 aliphatic rings. The third kappa shape index (κ3) is 3.88. The lowest BCUT2D eigenvalue weighted by atomic mass is 9.89. The molecule has 3 atom stereocenters. The Labute approximate surface area is 229 Å². The fourth-order valence-corrected chi connectivity index (χ4v) is 6.26. The lowest BCUT2D eigenvalue weighted by Crippen LogP contribution is -2.44. The topological polar surface area (TPSA) is 94.7 Å². The lowest BCUT2D eigenvalue weighted by Gasteiger charge is -2.36. The second-order valence-corrected chi connectivity index (χ2v) is 10.5. The molecule has 0 spiro atoms. The zero-order valence-electron chi connectivity index (χ0n) is 21.6. The minimum atomic E-state index is -0.780. The van der Waals surface area contributed by atoms with Crippen LogP contribution >= 0.6 is 0 Å². The summed E-state index contributed by atoms with van der Waals surface area (Å²) in [6, 6.07) is 18.5. The predicted molar refractivity (Wildman–Crippen MR) is 147 cm³/mol. The number of hydrogen-bond donors (Lipinski definition) is 2. The highest BCUT2D eigenvalue weighted by atomic mass is 19.1. The molecule has 0 radical (unpaired) electrons. The largest absolute Gasteiger partial charge is 0.376 e. The molecule has 7 rings (SSSR count). The number of para-hydroxylation sites is 2. The number of anilines is 1. The van der Waals surface area contributed by atoms with E-state index in [0.29, 0.717) is 25.1 Å². The van der Waals surface area contributed by atoms with Crippen molar-refractivity contribution in [2.75, 3.05) is 18.1 Å². The molecule has 2 N–H and O–H groups in total. The number of benzene rings is 3. The van der Waals surface area contributed by atoms with Crippen molar-refractivity contribution in [3.05, 3.63) is 101 Å². The highest BCUT2D eigenvalue weighted by molar-refractivity contribution is 6.24. The fraction of sp³-hybridized carbons (Fsp3) is 0.258. The number of halogens is 1. The van der Waals surface area contributed by atoms with Crippen LogP contribution in [0.4, 0.5) is 14.9 Å². The van der Waals surface area contributed by atoms with Crippen LogP contribution in [-0.4, -0.2) is 53.0 Å². The summed E-state index contributed by atoms with van der Waals surface area (Å²) in [5.41, 5.74) is 3.83. The van der Waals surface area contributed by atoms with Crippen LogP contribution in [0.5, 0.6) is 0 Å². The number of nitrogens with zero attached hydrogens (tertiary/aromatic N) is 2.